The van der Waals surface area contributed by atoms with Crippen LogP contribution in [-0.4, -0.2) is 59.5 Å². The highest BCUT2D eigenvalue weighted by Gasteiger charge is 2.32. The van der Waals surface area contributed by atoms with Crippen molar-refractivity contribution in [1.29, 1.82) is 0 Å². The van der Waals surface area contributed by atoms with E-state index in [0.29, 0.717) is 5.56 Å². The zero-order chi connectivity index (χ0) is 18.9. The first-order valence-corrected chi connectivity index (χ1v) is 9.83. The Hall–Kier alpha value is -2.26. The number of piperazine rings is 1. The van der Waals surface area contributed by atoms with Crippen LogP contribution in [0.5, 0.6) is 0 Å². The minimum absolute atomic E-state index is 0.0181. The number of amides is 1. The van der Waals surface area contributed by atoms with Crippen LogP contribution in [0, 0.1) is 5.82 Å². The van der Waals surface area contributed by atoms with Crippen LogP contribution in [0.1, 0.15) is 30.2 Å². The molecule has 1 aliphatic rings. The van der Waals surface area contributed by atoms with E-state index < -0.39 is 15.8 Å². The molecule has 0 atom stereocenters. The van der Waals surface area contributed by atoms with E-state index in [1.165, 1.54) is 34.6 Å². The molecule has 26 heavy (non-hydrogen) atoms. The highest BCUT2D eigenvalue weighted by molar-refractivity contribution is 7.89. The van der Waals surface area contributed by atoms with Gasteiger partial charge < -0.3 is 4.90 Å². The lowest BCUT2D eigenvalue weighted by atomic mass is 10.2. The number of hydrogen-bond donors (Lipinski definition) is 0. The van der Waals surface area contributed by atoms with Crippen molar-refractivity contribution in [3.05, 3.63) is 47.9 Å². The van der Waals surface area contributed by atoms with Gasteiger partial charge in [0.2, 0.25) is 0 Å². The maximum absolute atomic E-state index is 13.0. The van der Waals surface area contributed by atoms with Crippen molar-refractivity contribution >= 4 is 15.9 Å². The van der Waals surface area contributed by atoms with Crippen molar-refractivity contribution in [2.45, 2.75) is 24.9 Å². The molecule has 9 heteroatoms. The Morgan fingerprint density at radius 2 is 1.69 bits per heavy atom. The molecule has 1 saturated heterocycles. The lowest BCUT2D eigenvalue weighted by Gasteiger charge is -2.33. The Morgan fingerprint density at radius 3 is 2.23 bits per heavy atom. The molecule has 7 nitrogen and oxygen atoms in total. The third-order valence-electron chi connectivity index (χ3n) is 4.33. The van der Waals surface area contributed by atoms with E-state index in [1.807, 2.05) is 13.8 Å². The standard InChI is InChI=1S/C17H21FN4O3S/c1-13(2)22-8-7-16(19-22)26(24,25)21-11-9-20(10-12-21)17(23)14-3-5-15(18)6-4-14/h3-8,13H,9-12H2,1-2H3. The first-order chi connectivity index (χ1) is 12.3. The zero-order valence-corrected chi connectivity index (χ0v) is 15.5. The Balaban J connectivity index is 1.67. The number of carbonyl (C=O) groups is 1. The molecule has 0 saturated carbocycles. The molecule has 0 bridgehead atoms. The number of benzene rings is 1. The van der Waals surface area contributed by atoms with Crippen molar-refractivity contribution in [1.82, 2.24) is 19.0 Å². The summed E-state index contributed by atoms with van der Waals surface area (Å²) in [4.78, 5) is 14.0. The summed E-state index contributed by atoms with van der Waals surface area (Å²) in [6.45, 7) is 4.79. The van der Waals surface area contributed by atoms with Gasteiger partial charge in [0, 0.05) is 44.0 Å². The van der Waals surface area contributed by atoms with E-state index in [4.69, 9.17) is 0 Å². The highest BCUT2D eigenvalue weighted by atomic mass is 32.2. The Morgan fingerprint density at radius 1 is 1.08 bits per heavy atom. The topological polar surface area (TPSA) is 75.5 Å². The Bertz CT molecular complexity index is 885. The average Bonchev–Trinajstić information content (AvgIpc) is 3.13. The molecule has 3 rings (SSSR count). The van der Waals surface area contributed by atoms with Crippen molar-refractivity contribution < 1.29 is 17.6 Å². The van der Waals surface area contributed by atoms with Gasteiger partial charge in [0.1, 0.15) is 5.82 Å². The minimum Gasteiger partial charge on any atom is -0.336 e. The summed E-state index contributed by atoms with van der Waals surface area (Å²) in [7, 11) is -3.68. The molecule has 1 aliphatic heterocycles. The molecule has 140 valence electrons. The van der Waals surface area contributed by atoms with Crippen molar-refractivity contribution in [2.24, 2.45) is 0 Å². The first kappa shape index (κ1) is 18.5. The Kier molecular flexibility index (Phi) is 5.10. The molecule has 0 unspecified atom stereocenters. The largest absolute Gasteiger partial charge is 0.336 e. The van der Waals surface area contributed by atoms with Gasteiger partial charge in [-0.2, -0.15) is 9.40 Å². The van der Waals surface area contributed by atoms with Gasteiger partial charge in [-0.15, -0.1) is 0 Å². The molecule has 1 fully saturated rings. The van der Waals surface area contributed by atoms with Crippen LogP contribution in [-0.2, 0) is 10.0 Å². The summed E-state index contributed by atoms with van der Waals surface area (Å²) in [5, 5.41) is 4.16. The molecule has 0 N–H and O–H groups in total. The SMILES string of the molecule is CC(C)n1ccc(S(=O)(=O)N2CCN(C(=O)c3ccc(F)cc3)CC2)n1. The third-order valence-corrected chi connectivity index (χ3v) is 6.13. The molecular formula is C17H21FN4O3S. The zero-order valence-electron chi connectivity index (χ0n) is 14.7. The van der Waals surface area contributed by atoms with Crippen LogP contribution < -0.4 is 0 Å². The van der Waals surface area contributed by atoms with E-state index in [0.717, 1.165) is 0 Å². The predicted octanol–water partition coefficient (Wildman–Crippen LogP) is 1.75. The minimum atomic E-state index is -3.68. The van der Waals surface area contributed by atoms with Crippen LogP contribution >= 0.6 is 0 Å². The van der Waals surface area contributed by atoms with E-state index in [2.05, 4.69) is 5.10 Å². The normalized spacial score (nSPS) is 16.2. The molecule has 1 amide bonds. The van der Waals surface area contributed by atoms with Crippen LogP contribution in [0.25, 0.3) is 0 Å². The predicted molar refractivity (Wildman–Crippen MR) is 93.7 cm³/mol. The van der Waals surface area contributed by atoms with Crippen LogP contribution in [0.15, 0.2) is 41.6 Å². The van der Waals surface area contributed by atoms with Gasteiger partial charge in [-0.25, -0.2) is 12.8 Å². The van der Waals surface area contributed by atoms with Gasteiger partial charge in [-0.3, -0.25) is 9.48 Å². The fourth-order valence-corrected chi connectivity index (χ4v) is 4.12. The van der Waals surface area contributed by atoms with Crippen molar-refractivity contribution in [3.63, 3.8) is 0 Å². The lowest BCUT2D eigenvalue weighted by Crippen LogP contribution is -2.50. The quantitative estimate of drug-likeness (QED) is 0.810. The number of carbonyl (C=O) groups excluding carboxylic acids is 1. The van der Waals surface area contributed by atoms with Gasteiger partial charge in [-0.1, -0.05) is 0 Å². The first-order valence-electron chi connectivity index (χ1n) is 8.39. The number of rotatable bonds is 4. The second kappa shape index (κ2) is 7.16. The highest BCUT2D eigenvalue weighted by Crippen LogP contribution is 2.18. The van der Waals surface area contributed by atoms with Crippen LogP contribution in [0.4, 0.5) is 4.39 Å². The molecule has 0 spiro atoms. The summed E-state index contributed by atoms with van der Waals surface area (Å²) >= 11 is 0. The molecule has 1 aromatic carbocycles. The summed E-state index contributed by atoms with van der Waals surface area (Å²) in [6, 6.07) is 6.89. The Labute approximate surface area is 152 Å². The van der Waals surface area contributed by atoms with E-state index in [9.17, 15) is 17.6 Å². The number of halogens is 1. The number of aromatic nitrogens is 2. The van der Waals surface area contributed by atoms with Gasteiger partial charge in [0.15, 0.2) is 5.03 Å². The summed E-state index contributed by atoms with van der Waals surface area (Å²) in [5.41, 5.74) is 0.387. The van der Waals surface area contributed by atoms with Crippen molar-refractivity contribution in [2.75, 3.05) is 26.2 Å². The summed E-state index contributed by atoms with van der Waals surface area (Å²) < 4.78 is 41.3. The summed E-state index contributed by atoms with van der Waals surface area (Å²) in [5.74, 6) is -0.635. The number of nitrogens with zero attached hydrogens (tertiary/aromatic N) is 4. The molecule has 2 aromatic rings. The molecule has 0 radical (unpaired) electrons. The summed E-state index contributed by atoms with van der Waals surface area (Å²) in [6.07, 6.45) is 1.64. The second-order valence-electron chi connectivity index (χ2n) is 6.43. The molecule has 0 aliphatic carbocycles. The van der Waals surface area contributed by atoms with Gasteiger partial charge in [0.25, 0.3) is 15.9 Å². The smallest absolute Gasteiger partial charge is 0.262 e. The maximum atomic E-state index is 13.0. The fraction of sp³-hybridized carbons (Fsp3) is 0.412. The van der Waals surface area contributed by atoms with Crippen molar-refractivity contribution in [3.8, 4) is 0 Å². The molecule has 2 heterocycles. The maximum Gasteiger partial charge on any atom is 0.262 e. The monoisotopic (exact) mass is 380 g/mol. The van der Waals surface area contributed by atoms with E-state index in [-0.39, 0.29) is 43.2 Å². The second-order valence-corrected chi connectivity index (χ2v) is 8.32. The van der Waals surface area contributed by atoms with Gasteiger partial charge >= 0.3 is 0 Å². The number of sulfonamides is 1. The molecule has 1 aromatic heterocycles. The number of hydrogen-bond acceptors (Lipinski definition) is 4. The van der Waals surface area contributed by atoms with E-state index >= 15 is 0 Å². The lowest BCUT2D eigenvalue weighted by molar-refractivity contribution is 0.0697. The van der Waals surface area contributed by atoms with Crippen LogP contribution in [0.2, 0.25) is 0 Å². The average molecular weight is 380 g/mol. The fourth-order valence-electron chi connectivity index (χ4n) is 2.78. The third kappa shape index (κ3) is 3.63. The van der Waals surface area contributed by atoms with Gasteiger partial charge in [0.05, 0.1) is 0 Å². The van der Waals surface area contributed by atoms with Crippen LogP contribution in [0.3, 0.4) is 0 Å². The molecular weight excluding hydrogens is 359 g/mol. The van der Waals surface area contributed by atoms with E-state index in [1.54, 1.807) is 15.8 Å². The van der Waals surface area contributed by atoms with Gasteiger partial charge in [-0.05, 0) is 44.2 Å².